The molecule has 2 aliphatic rings. The largest absolute Gasteiger partial charge is 0.389 e. The molecule has 0 bridgehead atoms. The van der Waals surface area contributed by atoms with E-state index in [1.54, 1.807) is 0 Å². The molecule has 2 fully saturated rings. The maximum absolute atomic E-state index is 14.4. The fourth-order valence-corrected chi connectivity index (χ4v) is 6.48. The van der Waals surface area contributed by atoms with Crippen molar-refractivity contribution in [2.75, 3.05) is 52.9 Å². The van der Waals surface area contributed by atoms with E-state index in [9.17, 15) is 9.59 Å². The predicted octanol–water partition coefficient (Wildman–Crippen LogP) is 4.68. The maximum atomic E-state index is 14.4. The summed E-state index contributed by atoms with van der Waals surface area (Å²) in [6.45, 7) is 11.6. The summed E-state index contributed by atoms with van der Waals surface area (Å²) < 4.78 is 0. The van der Waals surface area contributed by atoms with E-state index >= 15 is 0 Å². The van der Waals surface area contributed by atoms with Gasteiger partial charge in [0.15, 0.2) is 0 Å². The highest BCUT2D eigenvalue weighted by molar-refractivity contribution is 5.88. The molecule has 2 heterocycles. The lowest BCUT2D eigenvalue weighted by Crippen LogP contribution is -2.58. The molecule has 0 radical (unpaired) electrons. The van der Waals surface area contributed by atoms with Crippen LogP contribution in [0.3, 0.4) is 0 Å². The van der Waals surface area contributed by atoms with E-state index in [4.69, 9.17) is 0 Å². The molecular formula is C35H45N5O2. The fraction of sp³-hybridized carbons (Fsp3) is 0.429. The lowest BCUT2D eigenvalue weighted by Gasteiger charge is -2.45. The predicted molar refractivity (Wildman–Crippen MR) is 170 cm³/mol. The van der Waals surface area contributed by atoms with Crippen LogP contribution in [0.2, 0.25) is 0 Å². The van der Waals surface area contributed by atoms with Gasteiger partial charge in [-0.1, -0.05) is 79.4 Å². The van der Waals surface area contributed by atoms with E-state index in [1.165, 1.54) is 5.56 Å². The average molecular weight is 568 g/mol. The van der Waals surface area contributed by atoms with Crippen LogP contribution in [0, 0.1) is 5.41 Å². The van der Waals surface area contributed by atoms with Gasteiger partial charge in [0.05, 0.1) is 0 Å². The molecular weight excluding hydrogens is 522 g/mol. The van der Waals surface area contributed by atoms with Gasteiger partial charge in [0.25, 0.3) is 0 Å². The van der Waals surface area contributed by atoms with Gasteiger partial charge in [-0.2, -0.15) is 0 Å². The van der Waals surface area contributed by atoms with Gasteiger partial charge >= 0.3 is 6.03 Å². The molecule has 0 aromatic heterocycles. The Morgan fingerprint density at radius 1 is 0.881 bits per heavy atom. The molecule has 3 amide bonds. The Morgan fingerprint density at radius 2 is 1.60 bits per heavy atom. The van der Waals surface area contributed by atoms with Crippen molar-refractivity contribution in [1.82, 2.24) is 25.3 Å². The van der Waals surface area contributed by atoms with Gasteiger partial charge < -0.3 is 25.3 Å². The van der Waals surface area contributed by atoms with Crippen molar-refractivity contribution in [3.05, 3.63) is 96.2 Å². The Morgan fingerprint density at radius 3 is 2.33 bits per heavy atom. The third kappa shape index (κ3) is 6.96. The zero-order valence-electron chi connectivity index (χ0n) is 25.1. The Hall–Kier alpha value is -3.84. The van der Waals surface area contributed by atoms with Crippen molar-refractivity contribution in [2.45, 2.75) is 38.6 Å². The van der Waals surface area contributed by atoms with Crippen molar-refractivity contribution in [1.29, 1.82) is 0 Å². The minimum atomic E-state index is -0.654. The van der Waals surface area contributed by atoms with Crippen LogP contribution >= 0.6 is 0 Å². The number of carbonyl (C=O) groups is 2. The van der Waals surface area contributed by atoms with Gasteiger partial charge in [-0.15, -0.1) is 0 Å². The minimum Gasteiger partial charge on any atom is -0.389 e. The van der Waals surface area contributed by atoms with Gasteiger partial charge in [-0.3, -0.25) is 4.79 Å². The fourth-order valence-electron chi connectivity index (χ4n) is 6.48. The van der Waals surface area contributed by atoms with E-state index < -0.39 is 6.04 Å². The van der Waals surface area contributed by atoms with Crippen LogP contribution < -0.4 is 10.6 Å². The highest BCUT2D eigenvalue weighted by Crippen LogP contribution is 2.39. The maximum Gasteiger partial charge on any atom is 0.318 e. The normalized spacial score (nSPS) is 20.2. The molecule has 2 atom stereocenters. The number of benzene rings is 3. The number of hydrogen-bond acceptors (Lipinski definition) is 4. The van der Waals surface area contributed by atoms with Crippen molar-refractivity contribution in [2.24, 2.45) is 5.41 Å². The van der Waals surface area contributed by atoms with Crippen LogP contribution in [0.1, 0.15) is 30.9 Å². The van der Waals surface area contributed by atoms with Crippen LogP contribution in [-0.2, 0) is 17.6 Å². The first kappa shape index (κ1) is 29.6. The molecule has 7 nitrogen and oxygen atoms in total. The number of carbonyl (C=O) groups excluding carboxylic acids is 2. The van der Waals surface area contributed by atoms with Gasteiger partial charge in [-0.05, 0) is 55.1 Å². The third-order valence-electron chi connectivity index (χ3n) is 8.94. The minimum absolute atomic E-state index is 0.0212. The molecule has 2 saturated heterocycles. The smallest absolute Gasteiger partial charge is 0.318 e. The number of amides is 3. The number of nitrogens with one attached hydrogen (secondary N) is 2. The van der Waals surface area contributed by atoms with Gasteiger partial charge in [0, 0.05) is 63.3 Å². The molecule has 1 unspecified atom stereocenters. The van der Waals surface area contributed by atoms with E-state index in [0.29, 0.717) is 32.6 Å². The molecule has 0 aliphatic carbocycles. The molecule has 222 valence electrons. The average Bonchev–Trinajstić information content (AvgIpc) is 3.01. The van der Waals surface area contributed by atoms with E-state index in [0.717, 1.165) is 60.9 Å². The molecule has 5 rings (SSSR count). The summed E-state index contributed by atoms with van der Waals surface area (Å²) in [7, 11) is 2.07. The summed E-state index contributed by atoms with van der Waals surface area (Å²) in [5.74, 6) is -0.0212. The number of rotatable bonds is 9. The van der Waals surface area contributed by atoms with Crippen molar-refractivity contribution >= 4 is 22.7 Å². The van der Waals surface area contributed by atoms with Gasteiger partial charge in [0.1, 0.15) is 6.04 Å². The Balaban J connectivity index is 1.40. The zero-order chi connectivity index (χ0) is 29.5. The summed E-state index contributed by atoms with van der Waals surface area (Å²) in [5, 5.41) is 8.95. The van der Waals surface area contributed by atoms with Crippen molar-refractivity contribution < 1.29 is 9.59 Å². The molecule has 0 spiro atoms. The SMILES string of the molecule is C=C(NCC)[C@]1(Cc2ccccc2)CCCN(C(=O)C(Cc2ccc3ccccc3c2)NC(=O)N2CCN(C)CC2)C1. The van der Waals surface area contributed by atoms with Crippen LogP contribution in [0.25, 0.3) is 10.8 Å². The Kier molecular flexibility index (Phi) is 9.48. The third-order valence-corrected chi connectivity index (χ3v) is 8.94. The van der Waals surface area contributed by atoms with Gasteiger partial charge in [0.2, 0.25) is 5.91 Å². The number of piperidine rings is 1. The van der Waals surface area contributed by atoms with Crippen LogP contribution in [-0.4, -0.2) is 85.5 Å². The summed E-state index contributed by atoms with van der Waals surface area (Å²) >= 11 is 0. The second-order valence-electron chi connectivity index (χ2n) is 12.0. The van der Waals surface area contributed by atoms with E-state index in [-0.39, 0.29) is 17.4 Å². The van der Waals surface area contributed by atoms with Crippen LogP contribution in [0.15, 0.2) is 85.1 Å². The number of fused-ring (bicyclic) bond motifs is 1. The zero-order valence-corrected chi connectivity index (χ0v) is 25.1. The standard InChI is InChI=1S/C35H45N5O2/c1-4-36-27(2)35(25-28-11-6-5-7-12-28)17-10-18-40(26-35)33(41)32(37-34(42)39-21-19-38(3)20-22-39)24-29-15-16-30-13-8-9-14-31(30)23-29/h5-9,11-16,23,32,36H,2,4,10,17-22,24-26H2,1,3H3,(H,37,42)/t32?,35-/m0/s1. The molecule has 7 heteroatoms. The molecule has 0 saturated carbocycles. The summed E-state index contributed by atoms with van der Waals surface area (Å²) in [6.07, 6.45) is 3.10. The molecule has 42 heavy (non-hydrogen) atoms. The lowest BCUT2D eigenvalue weighted by atomic mass is 9.72. The monoisotopic (exact) mass is 567 g/mol. The Labute approximate surface area is 250 Å². The highest BCUT2D eigenvalue weighted by atomic mass is 16.2. The topological polar surface area (TPSA) is 67.9 Å². The number of urea groups is 1. The second-order valence-corrected chi connectivity index (χ2v) is 12.0. The number of piperazine rings is 1. The van der Waals surface area contributed by atoms with E-state index in [1.807, 2.05) is 28.0 Å². The molecule has 2 N–H and O–H groups in total. The summed E-state index contributed by atoms with van der Waals surface area (Å²) in [5.41, 5.74) is 2.98. The lowest BCUT2D eigenvalue weighted by molar-refractivity contribution is -0.136. The molecule has 2 aliphatic heterocycles. The molecule has 3 aromatic rings. The van der Waals surface area contributed by atoms with Crippen molar-refractivity contribution in [3.63, 3.8) is 0 Å². The first-order chi connectivity index (χ1) is 20.4. The van der Waals surface area contributed by atoms with Crippen LogP contribution in [0.5, 0.6) is 0 Å². The second kappa shape index (κ2) is 13.4. The first-order valence-corrected chi connectivity index (χ1v) is 15.3. The number of nitrogens with zero attached hydrogens (tertiary/aromatic N) is 3. The number of likely N-dealkylation sites (tertiary alicyclic amines) is 1. The van der Waals surface area contributed by atoms with Crippen molar-refractivity contribution in [3.8, 4) is 0 Å². The van der Waals surface area contributed by atoms with E-state index in [2.05, 4.69) is 90.7 Å². The van der Waals surface area contributed by atoms with Crippen LogP contribution in [0.4, 0.5) is 4.79 Å². The Bertz CT molecular complexity index is 1380. The van der Waals surface area contributed by atoms with Gasteiger partial charge in [-0.25, -0.2) is 4.79 Å². The number of hydrogen-bond donors (Lipinski definition) is 2. The summed E-state index contributed by atoms with van der Waals surface area (Å²) in [6, 6.07) is 24.2. The number of likely N-dealkylation sites (N-methyl/N-ethyl adjacent to an activating group) is 1. The first-order valence-electron chi connectivity index (χ1n) is 15.3. The quantitative estimate of drug-likeness (QED) is 0.394. The molecule has 3 aromatic carbocycles. The highest BCUT2D eigenvalue weighted by Gasteiger charge is 2.41. The summed E-state index contributed by atoms with van der Waals surface area (Å²) in [4.78, 5) is 33.9.